The van der Waals surface area contributed by atoms with Gasteiger partial charge in [0.15, 0.2) is 5.82 Å². The predicted molar refractivity (Wildman–Crippen MR) is 58.7 cm³/mol. The van der Waals surface area contributed by atoms with Crippen molar-refractivity contribution in [1.29, 1.82) is 0 Å². The largest absolute Gasteiger partial charge is 0.485 e. The first-order valence-electron chi connectivity index (χ1n) is 5.06. The van der Waals surface area contributed by atoms with Gasteiger partial charge >= 0.3 is 5.97 Å². The molecule has 2 aromatic rings. The van der Waals surface area contributed by atoms with E-state index in [0.29, 0.717) is 5.82 Å². The fraction of sp³-hybridized carbons (Fsp3) is 0.182. The van der Waals surface area contributed by atoms with E-state index in [2.05, 4.69) is 10.1 Å². The molecule has 0 atom stereocenters. The maximum absolute atomic E-state index is 13.0. The van der Waals surface area contributed by atoms with Crippen molar-refractivity contribution in [2.24, 2.45) is 7.05 Å². The number of carboxylic acids is 1. The highest BCUT2D eigenvalue weighted by molar-refractivity contribution is 5.90. The molecule has 18 heavy (non-hydrogen) atoms. The lowest BCUT2D eigenvalue weighted by atomic mass is 10.2. The average molecular weight is 251 g/mol. The molecule has 1 heterocycles. The molecule has 0 spiro atoms. The second-order valence-corrected chi connectivity index (χ2v) is 3.53. The summed E-state index contributed by atoms with van der Waals surface area (Å²) in [6, 6.07) is 3.25. The Morgan fingerprint density at radius 3 is 2.94 bits per heavy atom. The number of hydrogen-bond acceptors (Lipinski definition) is 4. The van der Waals surface area contributed by atoms with E-state index in [4.69, 9.17) is 9.84 Å². The molecule has 7 heteroatoms. The van der Waals surface area contributed by atoms with E-state index in [-0.39, 0.29) is 17.9 Å². The highest BCUT2D eigenvalue weighted by atomic mass is 19.1. The highest BCUT2D eigenvalue weighted by Crippen LogP contribution is 2.20. The van der Waals surface area contributed by atoms with Gasteiger partial charge in [0.2, 0.25) is 0 Å². The summed E-state index contributed by atoms with van der Waals surface area (Å²) >= 11 is 0. The van der Waals surface area contributed by atoms with Crippen LogP contribution in [0.1, 0.15) is 16.2 Å². The molecule has 0 aliphatic carbocycles. The number of aromatic carboxylic acids is 1. The molecule has 1 aromatic heterocycles. The summed E-state index contributed by atoms with van der Waals surface area (Å²) in [6.45, 7) is 0.0141. The lowest BCUT2D eigenvalue weighted by Gasteiger charge is -2.08. The smallest absolute Gasteiger partial charge is 0.339 e. The lowest BCUT2D eigenvalue weighted by Crippen LogP contribution is -2.07. The monoisotopic (exact) mass is 251 g/mol. The fourth-order valence-electron chi connectivity index (χ4n) is 1.39. The van der Waals surface area contributed by atoms with Gasteiger partial charge in [0, 0.05) is 13.1 Å². The van der Waals surface area contributed by atoms with E-state index in [1.807, 2.05) is 0 Å². The number of benzene rings is 1. The first kappa shape index (κ1) is 12.0. The van der Waals surface area contributed by atoms with Crippen molar-refractivity contribution >= 4 is 5.97 Å². The second-order valence-electron chi connectivity index (χ2n) is 3.53. The number of hydrogen-bond donors (Lipinski definition) is 1. The van der Waals surface area contributed by atoms with Crippen LogP contribution in [-0.2, 0) is 13.7 Å². The Bertz CT molecular complexity index is 583. The van der Waals surface area contributed by atoms with Gasteiger partial charge in [-0.05, 0) is 12.1 Å². The molecule has 0 saturated heterocycles. The molecule has 0 fully saturated rings. The number of rotatable bonds is 4. The van der Waals surface area contributed by atoms with Gasteiger partial charge in [-0.1, -0.05) is 0 Å². The molecule has 0 aliphatic rings. The topological polar surface area (TPSA) is 77.2 Å². The maximum Gasteiger partial charge on any atom is 0.339 e. The molecule has 0 saturated carbocycles. The Morgan fingerprint density at radius 1 is 1.56 bits per heavy atom. The van der Waals surface area contributed by atoms with Crippen LogP contribution in [0, 0.1) is 5.82 Å². The molecule has 1 aromatic carbocycles. The summed E-state index contributed by atoms with van der Waals surface area (Å²) in [7, 11) is 1.68. The van der Waals surface area contributed by atoms with Crippen LogP contribution in [0.15, 0.2) is 24.5 Å². The van der Waals surface area contributed by atoms with Gasteiger partial charge in [-0.15, -0.1) is 0 Å². The summed E-state index contributed by atoms with van der Waals surface area (Å²) in [4.78, 5) is 14.8. The van der Waals surface area contributed by atoms with Gasteiger partial charge in [0.05, 0.1) is 0 Å². The van der Waals surface area contributed by atoms with Crippen LogP contribution in [-0.4, -0.2) is 25.8 Å². The molecule has 0 bridgehead atoms. The van der Waals surface area contributed by atoms with Gasteiger partial charge in [-0.3, -0.25) is 4.68 Å². The van der Waals surface area contributed by atoms with E-state index in [0.717, 1.165) is 18.2 Å². The van der Waals surface area contributed by atoms with Crippen molar-refractivity contribution in [1.82, 2.24) is 14.8 Å². The number of nitrogens with zero attached hydrogens (tertiary/aromatic N) is 3. The lowest BCUT2D eigenvalue weighted by molar-refractivity contribution is 0.0691. The molecule has 0 amide bonds. The first-order chi connectivity index (χ1) is 8.58. The van der Waals surface area contributed by atoms with E-state index >= 15 is 0 Å². The van der Waals surface area contributed by atoms with Crippen molar-refractivity contribution in [3.05, 3.63) is 41.7 Å². The van der Waals surface area contributed by atoms with Crippen LogP contribution in [0.2, 0.25) is 0 Å². The predicted octanol–water partition coefficient (Wildman–Crippen LogP) is 1.23. The van der Waals surface area contributed by atoms with Crippen LogP contribution in [0.5, 0.6) is 5.75 Å². The Kier molecular flexibility index (Phi) is 3.22. The molecule has 0 unspecified atom stereocenters. The number of halogens is 1. The number of carbonyl (C=O) groups is 1. The summed E-state index contributed by atoms with van der Waals surface area (Å²) < 4.78 is 19.8. The van der Waals surface area contributed by atoms with Crippen LogP contribution >= 0.6 is 0 Å². The van der Waals surface area contributed by atoms with Gasteiger partial charge in [0.25, 0.3) is 0 Å². The van der Waals surface area contributed by atoms with Gasteiger partial charge in [0.1, 0.15) is 30.1 Å². The van der Waals surface area contributed by atoms with Crippen molar-refractivity contribution in [3.8, 4) is 5.75 Å². The molecule has 1 N–H and O–H groups in total. The number of aromatic nitrogens is 3. The maximum atomic E-state index is 13.0. The molecule has 0 aliphatic heterocycles. The van der Waals surface area contributed by atoms with Crippen molar-refractivity contribution in [2.45, 2.75) is 6.61 Å². The Morgan fingerprint density at radius 2 is 2.33 bits per heavy atom. The van der Waals surface area contributed by atoms with E-state index in [9.17, 15) is 9.18 Å². The Balaban J connectivity index is 2.20. The zero-order valence-electron chi connectivity index (χ0n) is 9.50. The minimum atomic E-state index is -1.18. The molecule has 2 rings (SSSR count). The average Bonchev–Trinajstić information content (AvgIpc) is 2.72. The van der Waals surface area contributed by atoms with Gasteiger partial charge in [-0.2, -0.15) is 5.10 Å². The van der Waals surface area contributed by atoms with Crippen molar-refractivity contribution in [3.63, 3.8) is 0 Å². The highest BCUT2D eigenvalue weighted by Gasteiger charge is 2.13. The van der Waals surface area contributed by atoms with Crippen LogP contribution in [0.3, 0.4) is 0 Å². The molecule has 0 radical (unpaired) electrons. The van der Waals surface area contributed by atoms with E-state index in [1.165, 1.54) is 11.0 Å². The zero-order valence-corrected chi connectivity index (χ0v) is 9.50. The Hall–Kier alpha value is -2.44. The minimum absolute atomic E-state index is 0.0141. The minimum Gasteiger partial charge on any atom is -0.485 e. The fourth-order valence-corrected chi connectivity index (χ4v) is 1.39. The summed E-state index contributed by atoms with van der Waals surface area (Å²) in [6.07, 6.45) is 1.35. The van der Waals surface area contributed by atoms with Crippen molar-refractivity contribution in [2.75, 3.05) is 0 Å². The summed E-state index contributed by atoms with van der Waals surface area (Å²) in [5.41, 5.74) is -0.0985. The first-order valence-corrected chi connectivity index (χ1v) is 5.06. The van der Waals surface area contributed by atoms with E-state index < -0.39 is 11.8 Å². The third-order valence-corrected chi connectivity index (χ3v) is 2.34. The van der Waals surface area contributed by atoms with Crippen LogP contribution in [0.25, 0.3) is 0 Å². The normalized spacial score (nSPS) is 10.3. The zero-order chi connectivity index (χ0) is 13.1. The second kappa shape index (κ2) is 4.82. The van der Waals surface area contributed by atoms with Crippen LogP contribution < -0.4 is 4.74 Å². The standard InChI is InChI=1S/C11H10FN3O3/c1-15-10(13-6-14-15)5-18-9-4-7(12)2-3-8(9)11(16)17/h2-4,6H,5H2,1H3,(H,16,17). The molecule has 6 nitrogen and oxygen atoms in total. The molecular formula is C11H10FN3O3. The summed E-state index contributed by atoms with van der Waals surface area (Å²) in [5.74, 6) is -1.27. The van der Waals surface area contributed by atoms with Crippen molar-refractivity contribution < 1.29 is 19.0 Å². The molecule has 94 valence electrons. The molecular weight excluding hydrogens is 241 g/mol. The number of ether oxygens (including phenoxy) is 1. The van der Waals surface area contributed by atoms with E-state index in [1.54, 1.807) is 7.05 Å². The van der Waals surface area contributed by atoms with Crippen LogP contribution in [0.4, 0.5) is 4.39 Å². The van der Waals surface area contributed by atoms with Gasteiger partial charge in [-0.25, -0.2) is 14.2 Å². The summed E-state index contributed by atoms with van der Waals surface area (Å²) in [5, 5.41) is 12.8. The SMILES string of the molecule is Cn1ncnc1COc1cc(F)ccc1C(=O)O. The van der Waals surface area contributed by atoms with Gasteiger partial charge < -0.3 is 9.84 Å². The third kappa shape index (κ3) is 2.45. The Labute approximate surface area is 102 Å². The number of carboxylic acid groups (broad SMARTS) is 1. The quantitative estimate of drug-likeness (QED) is 0.884. The number of aryl methyl sites for hydroxylation is 1. The third-order valence-electron chi connectivity index (χ3n) is 2.34.